The molecule has 19 heavy (non-hydrogen) atoms. The number of nitrogens with zero attached hydrogens (tertiary/aromatic N) is 3. The average Bonchev–Trinajstić information content (AvgIpc) is 3.03. The number of aromatic amines is 1. The van der Waals surface area contributed by atoms with Crippen molar-refractivity contribution in [3.8, 4) is 11.4 Å². The van der Waals surface area contributed by atoms with Gasteiger partial charge in [0.1, 0.15) is 17.5 Å². The summed E-state index contributed by atoms with van der Waals surface area (Å²) in [5, 5.41) is 6.64. The van der Waals surface area contributed by atoms with Gasteiger partial charge in [-0.25, -0.2) is 9.37 Å². The lowest BCUT2D eigenvalue weighted by Gasteiger charge is -2.06. The van der Waals surface area contributed by atoms with Crippen LogP contribution in [0.2, 0.25) is 0 Å². The number of nitrogens with two attached hydrogens (primary N) is 1. The van der Waals surface area contributed by atoms with Gasteiger partial charge < -0.3 is 10.3 Å². The van der Waals surface area contributed by atoms with Crippen LogP contribution in [-0.4, -0.2) is 19.7 Å². The van der Waals surface area contributed by atoms with Crippen LogP contribution >= 0.6 is 0 Å². The fourth-order valence-corrected chi connectivity index (χ4v) is 2.44. The molecule has 1 aromatic carbocycles. The Morgan fingerprint density at radius 3 is 2.89 bits per heavy atom. The number of benzene rings is 1. The number of halogens is 1. The molecule has 4 rings (SSSR count). The summed E-state index contributed by atoms with van der Waals surface area (Å²) in [6.07, 6.45) is 3.90. The molecule has 96 valence electrons. The molecule has 0 radical (unpaired) electrons. The molecule has 1 fully saturated rings. The van der Waals surface area contributed by atoms with Gasteiger partial charge in [0.25, 0.3) is 0 Å². The van der Waals surface area contributed by atoms with E-state index in [1.165, 1.54) is 12.1 Å². The minimum atomic E-state index is -0.278. The summed E-state index contributed by atoms with van der Waals surface area (Å²) in [7, 11) is 0. The van der Waals surface area contributed by atoms with Gasteiger partial charge in [0, 0.05) is 12.1 Å². The lowest BCUT2D eigenvalue weighted by atomic mass is 10.3. The van der Waals surface area contributed by atoms with Gasteiger partial charge in [-0.05, 0) is 25.0 Å². The number of nitrogens with one attached hydrogen (secondary N) is 1. The van der Waals surface area contributed by atoms with Crippen LogP contribution in [0.4, 0.5) is 10.2 Å². The maximum absolute atomic E-state index is 13.3. The van der Waals surface area contributed by atoms with E-state index in [2.05, 4.69) is 19.7 Å². The van der Waals surface area contributed by atoms with E-state index in [9.17, 15) is 4.39 Å². The summed E-state index contributed by atoms with van der Waals surface area (Å²) in [6.45, 7) is 0. The van der Waals surface area contributed by atoms with Gasteiger partial charge in [-0.1, -0.05) is 0 Å². The Morgan fingerprint density at radius 1 is 1.37 bits per heavy atom. The Hall–Kier alpha value is -2.37. The summed E-state index contributed by atoms with van der Waals surface area (Å²) in [4.78, 5) is 4.52. The highest BCUT2D eigenvalue weighted by molar-refractivity contribution is 5.83. The maximum atomic E-state index is 13.3. The Balaban J connectivity index is 2.04. The standard InChI is InChI=1S/C13H12FN5/c14-7-1-4-11-10(5-7)17-13(19(11)8-2-3-8)9-6-16-18-12(9)15/h1,4-6,8H,2-3H2,(H3,15,16,18). The predicted octanol–water partition coefficient (Wildman–Crippen LogP) is 2.48. The average molecular weight is 257 g/mol. The van der Waals surface area contributed by atoms with Gasteiger partial charge in [-0.2, -0.15) is 5.10 Å². The highest BCUT2D eigenvalue weighted by Crippen LogP contribution is 2.41. The quantitative estimate of drug-likeness (QED) is 0.740. The second-order valence-corrected chi connectivity index (χ2v) is 4.87. The second-order valence-electron chi connectivity index (χ2n) is 4.87. The fraction of sp³-hybridized carbons (Fsp3) is 0.231. The van der Waals surface area contributed by atoms with Crippen molar-refractivity contribution < 1.29 is 4.39 Å². The molecule has 0 unspecified atom stereocenters. The molecule has 0 bridgehead atoms. The van der Waals surface area contributed by atoms with Crippen molar-refractivity contribution in [1.82, 2.24) is 19.7 Å². The van der Waals surface area contributed by atoms with Gasteiger partial charge in [-0.3, -0.25) is 5.10 Å². The molecular weight excluding hydrogens is 245 g/mol. The zero-order valence-corrected chi connectivity index (χ0v) is 10.1. The Labute approximate surface area is 108 Å². The smallest absolute Gasteiger partial charge is 0.146 e. The fourth-order valence-electron chi connectivity index (χ4n) is 2.44. The Morgan fingerprint density at radius 2 is 2.21 bits per heavy atom. The van der Waals surface area contributed by atoms with Crippen LogP contribution in [0.15, 0.2) is 24.4 Å². The molecule has 0 atom stereocenters. The molecule has 2 heterocycles. The number of hydrogen-bond acceptors (Lipinski definition) is 3. The number of fused-ring (bicyclic) bond motifs is 1. The van der Waals surface area contributed by atoms with Gasteiger partial charge in [0.15, 0.2) is 0 Å². The molecule has 1 aliphatic rings. The Kier molecular flexibility index (Phi) is 1.98. The third-order valence-corrected chi connectivity index (χ3v) is 3.47. The number of rotatable bonds is 2. The van der Waals surface area contributed by atoms with Crippen molar-refractivity contribution >= 4 is 16.9 Å². The van der Waals surface area contributed by atoms with Crippen molar-refractivity contribution in [2.75, 3.05) is 5.73 Å². The first-order valence-electron chi connectivity index (χ1n) is 6.21. The maximum Gasteiger partial charge on any atom is 0.146 e. The van der Waals surface area contributed by atoms with Crippen LogP contribution in [0, 0.1) is 5.82 Å². The molecule has 0 spiro atoms. The highest BCUT2D eigenvalue weighted by atomic mass is 19.1. The van der Waals surface area contributed by atoms with Crippen LogP contribution < -0.4 is 5.73 Å². The van der Waals surface area contributed by atoms with Gasteiger partial charge >= 0.3 is 0 Å². The first kappa shape index (κ1) is 10.5. The van der Waals surface area contributed by atoms with E-state index in [0.29, 0.717) is 17.4 Å². The van der Waals surface area contributed by atoms with Gasteiger partial charge in [0.05, 0.1) is 22.8 Å². The number of nitrogen functional groups attached to an aromatic ring is 1. The molecule has 0 aliphatic heterocycles. The Bertz CT molecular complexity index is 769. The summed E-state index contributed by atoms with van der Waals surface area (Å²) in [5.41, 5.74) is 8.23. The molecule has 5 nitrogen and oxygen atoms in total. The van der Waals surface area contributed by atoms with E-state index in [4.69, 9.17) is 5.73 Å². The number of H-pyrrole nitrogens is 1. The lowest BCUT2D eigenvalue weighted by Crippen LogP contribution is -1.98. The van der Waals surface area contributed by atoms with E-state index >= 15 is 0 Å². The highest BCUT2D eigenvalue weighted by Gasteiger charge is 2.29. The van der Waals surface area contributed by atoms with E-state index < -0.39 is 0 Å². The zero-order chi connectivity index (χ0) is 13.0. The monoisotopic (exact) mass is 257 g/mol. The van der Waals surface area contributed by atoms with Gasteiger partial charge in [-0.15, -0.1) is 0 Å². The summed E-state index contributed by atoms with van der Waals surface area (Å²) < 4.78 is 15.5. The molecular formula is C13H12FN5. The van der Waals surface area contributed by atoms with Gasteiger partial charge in [0.2, 0.25) is 0 Å². The van der Waals surface area contributed by atoms with Crippen LogP contribution in [0.5, 0.6) is 0 Å². The molecule has 3 aromatic rings. The molecule has 1 saturated carbocycles. The molecule has 2 aromatic heterocycles. The molecule has 0 saturated heterocycles. The SMILES string of the molecule is Nc1[nH]ncc1-c1nc2cc(F)ccc2n1C1CC1. The number of hydrogen-bond donors (Lipinski definition) is 2. The largest absolute Gasteiger partial charge is 0.383 e. The number of imidazole rings is 1. The summed E-state index contributed by atoms with van der Waals surface area (Å²) in [6, 6.07) is 5.12. The summed E-state index contributed by atoms with van der Waals surface area (Å²) >= 11 is 0. The topological polar surface area (TPSA) is 72.5 Å². The zero-order valence-electron chi connectivity index (χ0n) is 10.1. The van der Waals surface area contributed by atoms with Crippen LogP contribution in [0.1, 0.15) is 18.9 Å². The van der Waals surface area contributed by atoms with E-state index in [1.54, 1.807) is 12.3 Å². The lowest BCUT2D eigenvalue weighted by molar-refractivity contribution is 0.629. The van der Waals surface area contributed by atoms with Crippen molar-refractivity contribution in [2.24, 2.45) is 0 Å². The normalized spacial score (nSPS) is 15.2. The minimum absolute atomic E-state index is 0.278. The molecule has 6 heteroatoms. The van der Waals surface area contributed by atoms with Crippen molar-refractivity contribution in [3.63, 3.8) is 0 Å². The number of anilines is 1. The van der Waals surface area contributed by atoms with Crippen molar-refractivity contribution in [2.45, 2.75) is 18.9 Å². The van der Waals surface area contributed by atoms with Crippen molar-refractivity contribution in [3.05, 3.63) is 30.2 Å². The molecule has 0 amide bonds. The molecule has 3 N–H and O–H groups in total. The van der Waals surface area contributed by atoms with E-state index in [-0.39, 0.29) is 5.82 Å². The van der Waals surface area contributed by atoms with E-state index in [0.717, 1.165) is 29.7 Å². The van der Waals surface area contributed by atoms with Crippen molar-refractivity contribution in [1.29, 1.82) is 0 Å². The first-order chi connectivity index (χ1) is 9.24. The minimum Gasteiger partial charge on any atom is -0.383 e. The predicted molar refractivity (Wildman–Crippen MR) is 70.0 cm³/mol. The molecule has 1 aliphatic carbocycles. The second kappa shape index (κ2) is 3.57. The third-order valence-electron chi connectivity index (χ3n) is 3.47. The summed E-state index contributed by atoms with van der Waals surface area (Å²) in [5.74, 6) is 0.965. The third kappa shape index (κ3) is 1.53. The van der Waals surface area contributed by atoms with Crippen LogP contribution in [-0.2, 0) is 0 Å². The van der Waals surface area contributed by atoms with E-state index in [1.807, 2.05) is 0 Å². The first-order valence-corrected chi connectivity index (χ1v) is 6.21. The number of aromatic nitrogens is 4. The van der Waals surface area contributed by atoms with Crippen LogP contribution in [0.25, 0.3) is 22.4 Å². The van der Waals surface area contributed by atoms with Crippen LogP contribution in [0.3, 0.4) is 0 Å².